The normalized spacial score (nSPS) is 10.9. The van der Waals surface area contributed by atoms with Crippen molar-refractivity contribution in [2.75, 3.05) is 5.43 Å². The molecule has 0 unspecified atom stereocenters. The molecule has 20 heavy (non-hydrogen) atoms. The minimum Gasteiger partial charge on any atom is -0.308 e. The predicted octanol–water partition coefficient (Wildman–Crippen LogP) is 3.09. The lowest BCUT2D eigenvalue weighted by atomic mass is 10.0. The third-order valence-electron chi connectivity index (χ3n) is 3.47. The van der Waals surface area contributed by atoms with E-state index in [1.54, 1.807) is 0 Å². The van der Waals surface area contributed by atoms with Gasteiger partial charge in [-0.25, -0.2) is 15.8 Å². The number of nitrogen functional groups attached to an aromatic ring is 1. The zero-order valence-electron chi connectivity index (χ0n) is 12.6. The first-order valence-corrected chi connectivity index (χ1v) is 6.90. The van der Waals surface area contributed by atoms with Crippen LogP contribution in [0, 0.1) is 13.8 Å². The van der Waals surface area contributed by atoms with E-state index in [4.69, 9.17) is 5.84 Å². The van der Waals surface area contributed by atoms with Crippen molar-refractivity contribution in [2.45, 2.75) is 40.0 Å². The SMILES string of the molecule is Cc1ccc(Cc2nc(NN)cc(C(C)C)n2)cc1C. The molecule has 1 heterocycles. The third kappa shape index (κ3) is 3.33. The maximum atomic E-state index is 5.48. The van der Waals surface area contributed by atoms with Crippen molar-refractivity contribution >= 4 is 5.82 Å². The summed E-state index contributed by atoms with van der Waals surface area (Å²) in [6.07, 6.45) is 0.719. The minimum atomic E-state index is 0.351. The largest absolute Gasteiger partial charge is 0.308 e. The first-order valence-electron chi connectivity index (χ1n) is 6.90. The number of aromatic nitrogens is 2. The van der Waals surface area contributed by atoms with Gasteiger partial charge in [-0.3, -0.25) is 0 Å². The van der Waals surface area contributed by atoms with E-state index < -0.39 is 0 Å². The fourth-order valence-electron chi connectivity index (χ4n) is 2.06. The Hall–Kier alpha value is -1.94. The molecule has 1 aromatic carbocycles. The molecule has 0 saturated carbocycles. The average molecular weight is 270 g/mol. The van der Waals surface area contributed by atoms with Crippen LogP contribution in [0.15, 0.2) is 24.3 Å². The van der Waals surface area contributed by atoms with Gasteiger partial charge >= 0.3 is 0 Å². The monoisotopic (exact) mass is 270 g/mol. The zero-order chi connectivity index (χ0) is 14.7. The Bertz CT molecular complexity index is 605. The van der Waals surface area contributed by atoms with Gasteiger partial charge in [0.05, 0.1) is 0 Å². The van der Waals surface area contributed by atoms with Gasteiger partial charge in [0.1, 0.15) is 11.6 Å². The molecule has 0 spiro atoms. The molecule has 2 rings (SSSR count). The van der Waals surface area contributed by atoms with E-state index in [0.717, 1.165) is 17.9 Å². The Morgan fingerprint density at radius 2 is 1.85 bits per heavy atom. The summed E-state index contributed by atoms with van der Waals surface area (Å²) >= 11 is 0. The molecule has 0 amide bonds. The van der Waals surface area contributed by atoms with Gasteiger partial charge in [0.25, 0.3) is 0 Å². The Morgan fingerprint density at radius 3 is 2.45 bits per heavy atom. The number of rotatable bonds is 4. The van der Waals surface area contributed by atoms with Gasteiger partial charge in [-0.15, -0.1) is 0 Å². The molecule has 1 aromatic heterocycles. The van der Waals surface area contributed by atoms with Crippen molar-refractivity contribution in [3.8, 4) is 0 Å². The van der Waals surface area contributed by atoms with Crippen LogP contribution in [0.3, 0.4) is 0 Å². The molecule has 0 aliphatic carbocycles. The van der Waals surface area contributed by atoms with Crippen molar-refractivity contribution < 1.29 is 0 Å². The smallest absolute Gasteiger partial charge is 0.143 e. The second-order valence-corrected chi connectivity index (χ2v) is 5.49. The molecule has 0 atom stereocenters. The minimum absolute atomic E-state index is 0.351. The number of anilines is 1. The highest BCUT2D eigenvalue weighted by molar-refractivity contribution is 5.37. The summed E-state index contributed by atoms with van der Waals surface area (Å²) in [5.74, 6) is 7.30. The third-order valence-corrected chi connectivity index (χ3v) is 3.47. The highest BCUT2D eigenvalue weighted by atomic mass is 15.3. The number of nitrogens with two attached hydrogens (primary N) is 1. The van der Waals surface area contributed by atoms with Crippen molar-refractivity contribution in [2.24, 2.45) is 5.84 Å². The molecule has 0 aliphatic rings. The molecule has 3 N–H and O–H groups in total. The number of nitrogens with one attached hydrogen (secondary N) is 1. The van der Waals surface area contributed by atoms with Gasteiger partial charge < -0.3 is 5.43 Å². The summed E-state index contributed by atoms with van der Waals surface area (Å²) in [4.78, 5) is 9.06. The second-order valence-electron chi connectivity index (χ2n) is 5.49. The van der Waals surface area contributed by atoms with Crippen LogP contribution in [0.25, 0.3) is 0 Å². The van der Waals surface area contributed by atoms with Crippen molar-refractivity contribution in [3.05, 3.63) is 52.5 Å². The molecule has 0 bridgehead atoms. The summed E-state index contributed by atoms with van der Waals surface area (Å²) in [5.41, 5.74) is 7.44. The molecule has 106 valence electrons. The second kappa shape index (κ2) is 6.01. The first-order chi connectivity index (χ1) is 9.49. The lowest BCUT2D eigenvalue weighted by Gasteiger charge is -2.10. The lowest BCUT2D eigenvalue weighted by Crippen LogP contribution is -2.12. The molecule has 0 fully saturated rings. The van der Waals surface area contributed by atoms with E-state index in [1.807, 2.05) is 6.07 Å². The highest BCUT2D eigenvalue weighted by Crippen LogP contribution is 2.18. The standard InChI is InChI=1S/C16H22N4/c1-10(2)14-9-16(20-17)19-15(18-14)8-13-6-5-11(3)12(4)7-13/h5-7,9-10H,8,17H2,1-4H3,(H,18,19,20). The van der Waals surface area contributed by atoms with Crippen LogP contribution in [-0.2, 0) is 6.42 Å². The molecular formula is C16H22N4. The molecule has 0 saturated heterocycles. The Labute approximate surface area is 120 Å². The van der Waals surface area contributed by atoms with Gasteiger partial charge in [-0.2, -0.15) is 0 Å². The van der Waals surface area contributed by atoms with E-state index in [9.17, 15) is 0 Å². The van der Waals surface area contributed by atoms with Crippen LogP contribution in [0.2, 0.25) is 0 Å². The number of hydrazine groups is 1. The maximum Gasteiger partial charge on any atom is 0.143 e. The fourth-order valence-corrected chi connectivity index (χ4v) is 2.06. The Morgan fingerprint density at radius 1 is 1.10 bits per heavy atom. The van der Waals surface area contributed by atoms with Crippen LogP contribution < -0.4 is 11.3 Å². The molecule has 0 aliphatic heterocycles. The lowest BCUT2D eigenvalue weighted by molar-refractivity contribution is 0.792. The highest BCUT2D eigenvalue weighted by Gasteiger charge is 2.08. The van der Waals surface area contributed by atoms with E-state index in [2.05, 4.69) is 61.3 Å². The van der Waals surface area contributed by atoms with Crippen LogP contribution in [0.4, 0.5) is 5.82 Å². The molecular weight excluding hydrogens is 248 g/mol. The summed E-state index contributed by atoms with van der Waals surface area (Å²) in [6, 6.07) is 8.35. The van der Waals surface area contributed by atoms with Gasteiger partial charge in [-0.05, 0) is 36.5 Å². The molecule has 4 heteroatoms. The van der Waals surface area contributed by atoms with Crippen LogP contribution in [0.5, 0.6) is 0 Å². The van der Waals surface area contributed by atoms with Gasteiger partial charge in [-0.1, -0.05) is 32.0 Å². The van der Waals surface area contributed by atoms with Gasteiger partial charge in [0.15, 0.2) is 0 Å². The summed E-state index contributed by atoms with van der Waals surface area (Å²) in [5, 5.41) is 0. The summed E-state index contributed by atoms with van der Waals surface area (Å²) in [7, 11) is 0. The fraction of sp³-hybridized carbons (Fsp3) is 0.375. The quantitative estimate of drug-likeness (QED) is 0.662. The van der Waals surface area contributed by atoms with Crippen LogP contribution in [-0.4, -0.2) is 9.97 Å². The zero-order valence-corrected chi connectivity index (χ0v) is 12.6. The molecule has 2 aromatic rings. The number of benzene rings is 1. The number of nitrogens with zero attached hydrogens (tertiary/aromatic N) is 2. The molecule has 0 radical (unpaired) electrons. The number of aryl methyl sites for hydroxylation is 2. The topological polar surface area (TPSA) is 63.8 Å². The van der Waals surface area contributed by atoms with E-state index in [1.165, 1.54) is 16.7 Å². The Kier molecular flexibility index (Phi) is 4.35. The maximum absolute atomic E-state index is 5.48. The number of hydrogen-bond acceptors (Lipinski definition) is 4. The van der Waals surface area contributed by atoms with E-state index >= 15 is 0 Å². The van der Waals surface area contributed by atoms with Crippen molar-refractivity contribution in [3.63, 3.8) is 0 Å². The molecule has 4 nitrogen and oxygen atoms in total. The van der Waals surface area contributed by atoms with Crippen molar-refractivity contribution in [1.29, 1.82) is 0 Å². The Balaban J connectivity index is 2.32. The van der Waals surface area contributed by atoms with Gasteiger partial charge in [0, 0.05) is 18.2 Å². The summed E-state index contributed by atoms with van der Waals surface area (Å²) in [6.45, 7) is 8.47. The predicted molar refractivity (Wildman–Crippen MR) is 82.7 cm³/mol. The first kappa shape index (κ1) is 14.5. The van der Waals surface area contributed by atoms with Gasteiger partial charge in [0.2, 0.25) is 0 Å². The average Bonchev–Trinajstić information content (AvgIpc) is 2.42. The summed E-state index contributed by atoms with van der Waals surface area (Å²) < 4.78 is 0. The van der Waals surface area contributed by atoms with Crippen molar-refractivity contribution in [1.82, 2.24) is 9.97 Å². The number of hydrogen-bond donors (Lipinski definition) is 2. The van der Waals surface area contributed by atoms with Crippen LogP contribution >= 0.6 is 0 Å². The van der Waals surface area contributed by atoms with Crippen LogP contribution in [0.1, 0.15) is 48.0 Å². The van der Waals surface area contributed by atoms with E-state index in [0.29, 0.717) is 11.7 Å². The van der Waals surface area contributed by atoms with E-state index in [-0.39, 0.29) is 0 Å².